The highest BCUT2D eigenvalue weighted by Crippen LogP contribution is 2.40. The Kier molecular flexibility index (Phi) is 7.04. The molecule has 0 radical (unpaired) electrons. The van der Waals surface area contributed by atoms with Crippen molar-refractivity contribution < 1.29 is 14.3 Å². The molecule has 0 spiro atoms. The molecule has 1 aliphatic carbocycles. The Balaban J connectivity index is 1.43. The van der Waals surface area contributed by atoms with Crippen molar-refractivity contribution in [1.29, 1.82) is 0 Å². The lowest BCUT2D eigenvalue weighted by atomic mass is 9.87. The van der Waals surface area contributed by atoms with Crippen molar-refractivity contribution in [2.45, 2.75) is 84.0 Å². The van der Waals surface area contributed by atoms with Gasteiger partial charge in [-0.1, -0.05) is 69.7 Å². The van der Waals surface area contributed by atoms with Gasteiger partial charge in [0.05, 0.1) is 5.57 Å². The van der Waals surface area contributed by atoms with Gasteiger partial charge in [0.25, 0.3) is 0 Å². The number of carbonyl (C=O) groups excluding carboxylic acids is 1. The number of nitrogens with zero attached hydrogens (tertiary/aromatic N) is 3. The number of carbonyl (C=O) groups is 1. The lowest BCUT2D eigenvalue weighted by Crippen LogP contribution is -2.32. The van der Waals surface area contributed by atoms with Crippen LogP contribution in [0, 0.1) is 0 Å². The molecule has 1 fully saturated rings. The van der Waals surface area contributed by atoms with Crippen LogP contribution in [0.15, 0.2) is 66.1 Å². The van der Waals surface area contributed by atoms with E-state index < -0.39 is 6.04 Å². The normalized spacial score (nSPS) is 18.2. The molecule has 37 heavy (non-hydrogen) atoms. The van der Waals surface area contributed by atoms with Crippen LogP contribution >= 0.6 is 0 Å². The fraction of sp³-hybridized carbons (Fsp3) is 0.433. The van der Waals surface area contributed by atoms with Gasteiger partial charge in [-0.25, -0.2) is 9.48 Å². The first kappa shape index (κ1) is 25.1. The van der Waals surface area contributed by atoms with E-state index in [0.717, 1.165) is 42.5 Å². The predicted octanol–water partition coefficient (Wildman–Crippen LogP) is 6.32. The summed E-state index contributed by atoms with van der Waals surface area (Å²) in [6.45, 7) is 8.93. The van der Waals surface area contributed by atoms with Crippen LogP contribution in [-0.2, 0) is 21.6 Å². The smallest absolute Gasteiger partial charge is 0.338 e. The molecular weight excluding hydrogens is 464 g/mol. The van der Waals surface area contributed by atoms with E-state index in [9.17, 15) is 4.79 Å². The predicted molar refractivity (Wildman–Crippen MR) is 143 cm³/mol. The number of allylic oxidation sites excluding steroid dienone is 1. The van der Waals surface area contributed by atoms with Crippen LogP contribution in [0.3, 0.4) is 0 Å². The zero-order chi connectivity index (χ0) is 26.0. The zero-order valence-electron chi connectivity index (χ0n) is 22.2. The Bertz CT molecular complexity index is 1280. The quantitative estimate of drug-likeness (QED) is 0.399. The van der Waals surface area contributed by atoms with Crippen molar-refractivity contribution in [2.24, 2.45) is 0 Å². The number of hydrogen-bond acceptors (Lipinski definition) is 6. The summed E-state index contributed by atoms with van der Waals surface area (Å²) < 4.78 is 14.1. The van der Waals surface area contributed by atoms with E-state index in [1.54, 1.807) is 4.68 Å². The van der Waals surface area contributed by atoms with Crippen LogP contribution in [0.2, 0.25) is 0 Å². The number of rotatable bonds is 6. The molecule has 1 atom stereocenters. The Morgan fingerprint density at radius 1 is 1.05 bits per heavy atom. The SMILES string of the molecule is CC1=C(C(=O)OC2CCCCC2)C(c2ccccc2OCc2ccc(C(C)(C)C)cc2)n2ncnc2N1. The number of fused-ring (bicyclic) bond motifs is 1. The number of anilines is 1. The minimum atomic E-state index is -0.505. The minimum Gasteiger partial charge on any atom is -0.489 e. The Labute approximate surface area is 218 Å². The fourth-order valence-electron chi connectivity index (χ4n) is 5.14. The first-order chi connectivity index (χ1) is 17.8. The molecule has 7 nitrogen and oxygen atoms in total. The lowest BCUT2D eigenvalue weighted by molar-refractivity contribution is -0.146. The molecule has 1 saturated carbocycles. The molecule has 1 unspecified atom stereocenters. The van der Waals surface area contributed by atoms with Gasteiger partial charge in [-0.2, -0.15) is 10.1 Å². The molecule has 3 aromatic rings. The summed E-state index contributed by atoms with van der Waals surface area (Å²) in [5.41, 5.74) is 4.57. The summed E-state index contributed by atoms with van der Waals surface area (Å²) in [7, 11) is 0. The van der Waals surface area contributed by atoms with E-state index in [2.05, 4.69) is 60.4 Å². The van der Waals surface area contributed by atoms with E-state index >= 15 is 0 Å². The molecule has 194 valence electrons. The first-order valence-corrected chi connectivity index (χ1v) is 13.2. The largest absolute Gasteiger partial charge is 0.489 e. The van der Waals surface area contributed by atoms with Crippen LogP contribution in [-0.4, -0.2) is 26.8 Å². The second kappa shape index (κ2) is 10.4. The average Bonchev–Trinajstić information content (AvgIpc) is 3.35. The second-order valence-corrected chi connectivity index (χ2v) is 11.0. The molecule has 0 amide bonds. The number of hydrogen-bond donors (Lipinski definition) is 1. The number of aromatic nitrogens is 3. The highest BCUT2D eigenvalue weighted by Gasteiger charge is 2.37. The maximum atomic E-state index is 13.6. The zero-order valence-corrected chi connectivity index (χ0v) is 22.2. The molecule has 2 aliphatic rings. The maximum absolute atomic E-state index is 13.6. The molecule has 2 aromatic carbocycles. The minimum absolute atomic E-state index is 0.0399. The summed E-state index contributed by atoms with van der Waals surface area (Å²) >= 11 is 0. The summed E-state index contributed by atoms with van der Waals surface area (Å²) in [6.07, 6.45) is 6.68. The summed E-state index contributed by atoms with van der Waals surface area (Å²) in [6, 6.07) is 15.9. The molecule has 0 bridgehead atoms. The van der Waals surface area contributed by atoms with Gasteiger partial charge >= 0.3 is 5.97 Å². The molecule has 0 saturated heterocycles. The maximum Gasteiger partial charge on any atom is 0.338 e. The van der Waals surface area contributed by atoms with Crippen molar-refractivity contribution in [1.82, 2.24) is 14.8 Å². The van der Waals surface area contributed by atoms with Gasteiger partial charge in [-0.15, -0.1) is 0 Å². The second-order valence-electron chi connectivity index (χ2n) is 11.0. The van der Waals surface area contributed by atoms with E-state index in [1.165, 1.54) is 18.3 Å². The van der Waals surface area contributed by atoms with Crippen LogP contribution in [0.25, 0.3) is 0 Å². The third-order valence-electron chi connectivity index (χ3n) is 7.27. The topological polar surface area (TPSA) is 78.3 Å². The number of esters is 1. The summed E-state index contributed by atoms with van der Waals surface area (Å²) in [5.74, 6) is 0.978. The molecule has 5 rings (SSSR count). The monoisotopic (exact) mass is 500 g/mol. The Morgan fingerprint density at radius 3 is 2.51 bits per heavy atom. The first-order valence-electron chi connectivity index (χ1n) is 13.2. The van der Waals surface area contributed by atoms with Gasteiger partial charge in [-0.3, -0.25) is 0 Å². The van der Waals surface area contributed by atoms with Gasteiger partial charge in [0, 0.05) is 11.3 Å². The highest BCUT2D eigenvalue weighted by molar-refractivity contribution is 5.92. The van der Waals surface area contributed by atoms with Gasteiger partial charge in [0.1, 0.15) is 30.8 Å². The number of nitrogens with one attached hydrogen (secondary N) is 1. The van der Waals surface area contributed by atoms with Crippen molar-refractivity contribution in [2.75, 3.05) is 5.32 Å². The number of para-hydroxylation sites is 1. The molecule has 1 aliphatic heterocycles. The number of ether oxygens (including phenoxy) is 2. The van der Waals surface area contributed by atoms with Gasteiger partial charge in [0.15, 0.2) is 0 Å². The molecule has 2 heterocycles. The van der Waals surface area contributed by atoms with Crippen molar-refractivity contribution in [3.63, 3.8) is 0 Å². The van der Waals surface area contributed by atoms with E-state index in [-0.39, 0.29) is 17.5 Å². The molecule has 7 heteroatoms. The molecule has 1 aromatic heterocycles. The Morgan fingerprint density at radius 2 is 1.78 bits per heavy atom. The van der Waals surface area contributed by atoms with Crippen molar-refractivity contribution in [3.05, 3.63) is 82.8 Å². The molecule has 1 N–H and O–H groups in total. The van der Waals surface area contributed by atoms with Crippen LogP contribution in [0.5, 0.6) is 5.75 Å². The third kappa shape index (κ3) is 5.41. The van der Waals surface area contributed by atoms with Gasteiger partial charge in [-0.05, 0) is 55.2 Å². The summed E-state index contributed by atoms with van der Waals surface area (Å²) in [5, 5.41) is 7.70. The van der Waals surface area contributed by atoms with Gasteiger partial charge in [0.2, 0.25) is 5.95 Å². The van der Waals surface area contributed by atoms with Gasteiger partial charge < -0.3 is 14.8 Å². The van der Waals surface area contributed by atoms with Crippen LogP contribution in [0.4, 0.5) is 5.95 Å². The lowest BCUT2D eigenvalue weighted by Gasteiger charge is -2.31. The van der Waals surface area contributed by atoms with Crippen LogP contribution < -0.4 is 10.1 Å². The molecular formula is C30H36N4O3. The van der Waals surface area contributed by atoms with Crippen molar-refractivity contribution in [3.8, 4) is 5.75 Å². The number of benzene rings is 2. The third-order valence-corrected chi connectivity index (χ3v) is 7.27. The standard InChI is InChI=1S/C30H36N4O3/c1-20-26(28(35)37-23-10-6-5-7-11-23)27(34-29(33-20)31-19-32-34)24-12-8-9-13-25(24)36-18-21-14-16-22(17-15-21)30(2,3)4/h8-9,12-17,19,23,27H,5-7,10-11,18H2,1-4H3,(H,31,32,33). The average molecular weight is 501 g/mol. The van der Waals surface area contributed by atoms with E-state index in [1.807, 2.05) is 31.2 Å². The van der Waals surface area contributed by atoms with E-state index in [4.69, 9.17) is 9.47 Å². The van der Waals surface area contributed by atoms with E-state index in [0.29, 0.717) is 23.9 Å². The fourth-order valence-corrected chi connectivity index (χ4v) is 5.14. The summed E-state index contributed by atoms with van der Waals surface area (Å²) in [4.78, 5) is 17.9. The highest BCUT2D eigenvalue weighted by atomic mass is 16.5. The van der Waals surface area contributed by atoms with Crippen molar-refractivity contribution >= 4 is 11.9 Å². The van der Waals surface area contributed by atoms with Crippen LogP contribution in [0.1, 0.15) is 82.5 Å². The Hall–Kier alpha value is -3.61.